The SMILES string of the molecule is C=C(CNCc1c(C)noc1C)C(=O)O. The summed E-state index contributed by atoms with van der Waals surface area (Å²) in [5.41, 5.74) is 1.93. The van der Waals surface area contributed by atoms with Crippen molar-refractivity contribution >= 4 is 5.97 Å². The fourth-order valence-electron chi connectivity index (χ4n) is 1.17. The van der Waals surface area contributed by atoms with Crippen LogP contribution in [0, 0.1) is 13.8 Å². The number of hydrogen-bond donors (Lipinski definition) is 2. The topological polar surface area (TPSA) is 75.4 Å². The average Bonchev–Trinajstić information content (AvgIpc) is 2.48. The van der Waals surface area contributed by atoms with Gasteiger partial charge in [0.05, 0.1) is 5.69 Å². The van der Waals surface area contributed by atoms with Crippen LogP contribution in [0.15, 0.2) is 16.7 Å². The number of hydrogen-bond acceptors (Lipinski definition) is 4. The van der Waals surface area contributed by atoms with Gasteiger partial charge in [0.25, 0.3) is 0 Å². The molecule has 1 heterocycles. The first-order chi connectivity index (χ1) is 7.02. The Labute approximate surface area is 87.8 Å². The van der Waals surface area contributed by atoms with Gasteiger partial charge in [-0.3, -0.25) is 0 Å². The average molecular weight is 210 g/mol. The van der Waals surface area contributed by atoms with Crippen molar-refractivity contribution in [2.45, 2.75) is 20.4 Å². The van der Waals surface area contributed by atoms with Crippen LogP contribution in [0.4, 0.5) is 0 Å². The van der Waals surface area contributed by atoms with Crippen LogP contribution in [0.1, 0.15) is 17.0 Å². The Morgan fingerprint density at radius 2 is 2.27 bits per heavy atom. The summed E-state index contributed by atoms with van der Waals surface area (Å²) in [7, 11) is 0. The Morgan fingerprint density at radius 3 is 2.73 bits per heavy atom. The fraction of sp³-hybridized carbons (Fsp3) is 0.400. The maximum absolute atomic E-state index is 10.5. The highest BCUT2D eigenvalue weighted by Gasteiger charge is 2.09. The first-order valence-corrected chi connectivity index (χ1v) is 4.56. The summed E-state index contributed by atoms with van der Waals surface area (Å²) in [6.07, 6.45) is 0. The maximum Gasteiger partial charge on any atom is 0.332 e. The fourth-order valence-corrected chi connectivity index (χ4v) is 1.17. The van der Waals surface area contributed by atoms with Gasteiger partial charge >= 0.3 is 5.97 Å². The molecular formula is C10H14N2O3. The predicted molar refractivity (Wildman–Crippen MR) is 54.5 cm³/mol. The third-order valence-corrected chi connectivity index (χ3v) is 2.12. The van der Waals surface area contributed by atoms with Crippen LogP contribution in [0.25, 0.3) is 0 Å². The normalized spacial score (nSPS) is 10.3. The van der Waals surface area contributed by atoms with Crippen molar-refractivity contribution in [1.29, 1.82) is 0 Å². The van der Waals surface area contributed by atoms with Crippen molar-refractivity contribution in [2.75, 3.05) is 6.54 Å². The molecule has 1 aromatic rings. The largest absolute Gasteiger partial charge is 0.478 e. The highest BCUT2D eigenvalue weighted by molar-refractivity contribution is 5.86. The van der Waals surface area contributed by atoms with Crippen molar-refractivity contribution in [3.8, 4) is 0 Å². The number of nitrogens with zero attached hydrogens (tertiary/aromatic N) is 1. The number of carbonyl (C=O) groups is 1. The Hall–Kier alpha value is -1.62. The van der Waals surface area contributed by atoms with Gasteiger partial charge in [-0.05, 0) is 13.8 Å². The summed E-state index contributed by atoms with van der Waals surface area (Å²) in [5.74, 6) is -0.234. The van der Waals surface area contributed by atoms with E-state index in [1.807, 2.05) is 13.8 Å². The second kappa shape index (κ2) is 4.75. The second-order valence-corrected chi connectivity index (χ2v) is 3.31. The van der Waals surface area contributed by atoms with E-state index >= 15 is 0 Å². The second-order valence-electron chi connectivity index (χ2n) is 3.31. The molecule has 0 aliphatic rings. The molecule has 1 rings (SSSR count). The van der Waals surface area contributed by atoms with E-state index in [1.54, 1.807) is 0 Å². The van der Waals surface area contributed by atoms with E-state index in [0.717, 1.165) is 17.0 Å². The maximum atomic E-state index is 10.5. The van der Waals surface area contributed by atoms with Gasteiger partial charge < -0.3 is 14.9 Å². The highest BCUT2D eigenvalue weighted by atomic mass is 16.5. The van der Waals surface area contributed by atoms with Crippen LogP contribution < -0.4 is 5.32 Å². The Kier molecular flexibility index (Phi) is 3.62. The highest BCUT2D eigenvalue weighted by Crippen LogP contribution is 2.11. The number of aliphatic carboxylic acids is 1. The van der Waals surface area contributed by atoms with E-state index in [4.69, 9.17) is 9.63 Å². The zero-order valence-corrected chi connectivity index (χ0v) is 8.83. The van der Waals surface area contributed by atoms with Crippen molar-refractivity contribution in [3.63, 3.8) is 0 Å². The van der Waals surface area contributed by atoms with E-state index in [2.05, 4.69) is 17.1 Å². The molecule has 0 aliphatic carbocycles. The van der Waals surface area contributed by atoms with Crippen LogP contribution in [0.2, 0.25) is 0 Å². The molecule has 2 N–H and O–H groups in total. The van der Waals surface area contributed by atoms with Crippen molar-refractivity contribution < 1.29 is 14.4 Å². The number of nitrogens with one attached hydrogen (secondary N) is 1. The number of aromatic nitrogens is 1. The molecule has 0 saturated carbocycles. The molecule has 1 aromatic heterocycles. The van der Waals surface area contributed by atoms with Crippen molar-refractivity contribution in [3.05, 3.63) is 29.2 Å². The van der Waals surface area contributed by atoms with Crippen molar-refractivity contribution in [1.82, 2.24) is 10.5 Å². The molecule has 0 saturated heterocycles. The smallest absolute Gasteiger partial charge is 0.332 e. The van der Waals surface area contributed by atoms with E-state index in [9.17, 15) is 4.79 Å². The number of carboxylic acid groups (broad SMARTS) is 1. The van der Waals surface area contributed by atoms with Gasteiger partial charge in [-0.2, -0.15) is 0 Å². The molecule has 0 aliphatic heterocycles. The lowest BCUT2D eigenvalue weighted by molar-refractivity contribution is -0.132. The molecule has 0 unspecified atom stereocenters. The van der Waals surface area contributed by atoms with Gasteiger partial charge in [-0.1, -0.05) is 11.7 Å². The minimum atomic E-state index is -0.985. The van der Waals surface area contributed by atoms with Crippen LogP contribution in [0.5, 0.6) is 0 Å². The zero-order valence-electron chi connectivity index (χ0n) is 8.83. The summed E-state index contributed by atoms with van der Waals surface area (Å²) in [6, 6.07) is 0. The summed E-state index contributed by atoms with van der Waals surface area (Å²) >= 11 is 0. The molecule has 82 valence electrons. The van der Waals surface area contributed by atoms with Crippen LogP contribution in [-0.4, -0.2) is 22.8 Å². The van der Waals surface area contributed by atoms with Gasteiger partial charge in [0.2, 0.25) is 0 Å². The third kappa shape index (κ3) is 2.92. The van der Waals surface area contributed by atoms with E-state index in [1.165, 1.54) is 0 Å². The number of aryl methyl sites for hydroxylation is 2. The summed E-state index contributed by atoms with van der Waals surface area (Å²) in [4.78, 5) is 10.5. The van der Waals surface area contributed by atoms with E-state index in [0.29, 0.717) is 6.54 Å². The van der Waals surface area contributed by atoms with Crippen molar-refractivity contribution in [2.24, 2.45) is 0 Å². The van der Waals surface area contributed by atoms with Gasteiger partial charge in [0, 0.05) is 24.2 Å². The Morgan fingerprint density at radius 1 is 1.60 bits per heavy atom. The quantitative estimate of drug-likeness (QED) is 0.710. The third-order valence-electron chi connectivity index (χ3n) is 2.12. The van der Waals surface area contributed by atoms with Gasteiger partial charge in [-0.15, -0.1) is 0 Å². The standard InChI is InChI=1S/C10H14N2O3/c1-6(10(13)14)4-11-5-9-7(2)12-15-8(9)3/h11H,1,4-5H2,2-3H3,(H,13,14). The van der Waals surface area contributed by atoms with E-state index in [-0.39, 0.29) is 12.1 Å². The summed E-state index contributed by atoms with van der Waals surface area (Å²) < 4.78 is 4.97. The molecule has 5 nitrogen and oxygen atoms in total. The number of rotatable bonds is 5. The van der Waals surface area contributed by atoms with Gasteiger partial charge in [-0.25, -0.2) is 4.79 Å². The Bertz CT molecular complexity index is 363. The molecule has 0 spiro atoms. The molecule has 0 amide bonds. The summed E-state index contributed by atoms with van der Waals surface area (Å²) in [5, 5.41) is 15.3. The minimum absolute atomic E-state index is 0.141. The predicted octanol–water partition coefficient (Wildman–Crippen LogP) is 1.02. The zero-order chi connectivity index (χ0) is 11.4. The number of carboxylic acids is 1. The molecule has 0 atom stereocenters. The minimum Gasteiger partial charge on any atom is -0.478 e. The van der Waals surface area contributed by atoms with Crippen LogP contribution >= 0.6 is 0 Å². The molecule has 0 aromatic carbocycles. The molecular weight excluding hydrogens is 196 g/mol. The first-order valence-electron chi connectivity index (χ1n) is 4.56. The summed E-state index contributed by atoms with van der Waals surface area (Å²) in [6.45, 7) is 7.87. The van der Waals surface area contributed by atoms with Gasteiger partial charge in [0.1, 0.15) is 5.76 Å². The monoisotopic (exact) mass is 210 g/mol. The molecule has 0 bridgehead atoms. The lowest BCUT2D eigenvalue weighted by atomic mass is 10.2. The molecule has 5 heteroatoms. The van der Waals surface area contributed by atoms with E-state index < -0.39 is 5.97 Å². The van der Waals surface area contributed by atoms with Crippen LogP contribution in [0.3, 0.4) is 0 Å². The lowest BCUT2D eigenvalue weighted by Crippen LogP contribution is -2.20. The van der Waals surface area contributed by atoms with Crippen LogP contribution in [-0.2, 0) is 11.3 Å². The lowest BCUT2D eigenvalue weighted by Gasteiger charge is -2.03. The molecule has 15 heavy (non-hydrogen) atoms. The molecule has 0 fully saturated rings. The Balaban J connectivity index is 2.45. The molecule has 0 radical (unpaired) electrons. The first kappa shape index (κ1) is 11.5. The van der Waals surface area contributed by atoms with Gasteiger partial charge in [0.15, 0.2) is 0 Å².